The molecule has 0 unspecified atom stereocenters. The van der Waals surface area contributed by atoms with Crippen molar-refractivity contribution in [2.75, 3.05) is 20.8 Å². The largest absolute Gasteiger partial charge is 0.497 e. The van der Waals surface area contributed by atoms with Gasteiger partial charge in [-0.1, -0.05) is 30.3 Å². The maximum absolute atomic E-state index is 12.3. The van der Waals surface area contributed by atoms with Crippen molar-refractivity contribution in [2.45, 2.75) is 6.61 Å². The Morgan fingerprint density at radius 1 is 0.767 bits per heavy atom. The van der Waals surface area contributed by atoms with Crippen LogP contribution in [-0.2, 0) is 11.3 Å². The van der Waals surface area contributed by atoms with E-state index in [-0.39, 0.29) is 18.0 Å². The molecule has 0 saturated carbocycles. The van der Waals surface area contributed by atoms with Crippen LogP contribution in [0, 0.1) is 0 Å². The van der Waals surface area contributed by atoms with Crippen LogP contribution in [0.15, 0.2) is 72.8 Å². The van der Waals surface area contributed by atoms with Crippen molar-refractivity contribution in [3.05, 3.63) is 89.5 Å². The molecule has 0 aliphatic carbocycles. The third-order valence-corrected chi connectivity index (χ3v) is 4.38. The lowest BCUT2D eigenvalue weighted by atomic mass is 10.1. The first-order valence-electron chi connectivity index (χ1n) is 9.30. The molecule has 0 spiro atoms. The molecule has 0 aliphatic heterocycles. The molecule has 3 aromatic carbocycles. The molecule has 154 valence electrons. The van der Waals surface area contributed by atoms with Crippen molar-refractivity contribution in [1.82, 2.24) is 0 Å². The van der Waals surface area contributed by atoms with Crippen LogP contribution >= 0.6 is 0 Å². The fourth-order valence-corrected chi connectivity index (χ4v) is 2.72. The third kappa shape index (κ3) is 5.38. The standard InChI is InChI=1S/C24H22O6/c1-27-20-11-8-18(9-12-20)21(25)16-30-24(26)19-10-13-22(23(14-19)28-2)29-15-17-6-4-3-5-7-17/h3-14H,15-16H2,1-2H3. The molecule has 0 saturated heterocycles. The van der Waals surface area contributed by atoms with Crippen molar-refractivity contribution in [3.63, 3.8) is 0 Å². The topological polar surface area (TPSA) is 71.1 Å². The van der Waals surface area contributed by atoms with Crippen LogP contribution in [0.4, 0.5) is 0 Å². The summed E-state index contributed by atoms with van der Waals surface area (Å²) < 4.78 is 21.3. The Morgan fingerprint density at radius 2 is 1.47 bits per heavy atom. The third-order valence-electron chi connectivity index (χ3n) is 4.38. The highest BCUT2D eigenvalue weighted by atomic mass is 16.5. The highest BCUT2D eigenvalue weighted by Crippen LogP contribution is 2.29. The summed E-state index contributed by atoms with van der Waals surface area (Å²) in [5.74, 6) is 0.629. The second kappa shape index (κ2) is 10.1. The summed E-state index contributed by atoms with van der Waals surface area (Å²) in [7, 11) is 3.04. The number of ether oxygens (including phenoxy) is 4. The molecule has 0 fully saturated rings. The molecule has 0 bridgehead atoms. The van der Waals surface area contributed by atoms with Gasteiger partial charge in [-0.3, -0.25) is 4.79 Å². The quantitative estimate of drug-likeness (QED) is 0.389. The Kier molecular flexibility index (Phi) is 7.05. The molecule has 0 heterocycles. The van der Waals surface area contributed by atoms with Gasteiger partial charge in [0.2, 0.25) is 0 Å². The molecule has 30 heavy (non-hydrogen) atoms. The Bertz CT molecular complexity index is 996. The number of esters is 1. The first-order valence-corrected chi connectivity index (χ1v) is 9.30. The molecule has 0 radical (unpaired) electrons. The van der Waals surface area contributed by atoms with E-state index in [0.717, 1.165) is 5.56 Å². The van der Waals surface area contributed by atoms with Gasteiger partial charge in [0.25, 0.3) is 0 Å². The van der Waals surface area contributed by atoms with Crippen LogP contribution in [0.25, 0.3) is 0 Å². The van der Waals surface area contributed by atoms with Gasteiger partial charge in [-0.2, -0.15) is 0 Å². The zero-order chi connectivity index (χ0) is 21.3. The number of methoxy groups -OCH3 is 2. The number of hydrogen-bond donors (Lipinski definition) is 0. The number of rotatable bonds is 9. The van der Waals surface area contributed by atoms with Crippen LogP contribution in [0.3, 0.4) is 0 Å². The number of ketones is 1. The van der Waals surface area contributed by atoms with Gasteiger partial charge < -0.3 is 18.9 Å². The monoisotopic (exact) mass is 406 g/mol. The molecule has 3 aromatic rings. The predicted octanol–water partition coefficient (Wildman–Crippen LogP) is 4.32. The van der Waals surface area contributed by atoms with Gasteiger partial charge in [0, 0.05) is 5.56 Å². The molecule has 6 heteroatoms. The highest BCUT2D eigenvalue weighted by Gasteiger charge is 2.15. The van der Waals surface area contributed by atoms with E-state index in [9.17, 15) is 9.59 Å². The molecule has 0 amide bonds. The number of Topliss-reactive ketones (excluding diaryl/α,β-unsaturated/α-hetero) is 1. The highest BCUT2D eigenvalue weighted by molar-refractivity contribution is 5.99. The van der Waals surface area contributed by atoms with E-state index in [1.807, 2.05) is 30.3 Å². The van der Waals surface area contributed by atoms with Gasteiger partial charge in [0.05, 0.1) is 19.8 Å². The SMILES string of the molecule is COc1ccc(C(=O)COC(=O)c2ccc(OCc3ccccc3)c(OC)c2)cc1. The Labute approximate surface area is 175 Å². The summed E-state index contributed by atoms with van der Waals surface area (Å²) in [6, 6.07) is 21.0. The van der Waals surface area contributed by atoms with Crippen LogP contribution in [-0.4, -0.2) is 32.6 Å². The van der Waals surface area contributed by atoms with Gasteiger partial charge >= 0.3 is 5.97 Å². The first kappa shape index (κ1) is 20.9. The second-order valence-electron chi connectivity index (χ2n) is 6.37. The first-order chi connectivity index (χ1) is 14.6. The van der Waals surface area contributed by atoms with E-state index >= 15 is 0 Å². The zero-order valence-electron chi connectivity index (χ0n) is 16.8. The number of carbonyl (C=O) groups is 2. The number of carbonyl (C=O) groups excluding carboxylic acids is 2. The van der Waals surface area contributed by atoms with Gasteiger partial charge in [-0.15, -0.1) is 0 Å². The Hall–Kier alpha value is -3.80. The molecule has 3 rings (SSSR count). The Morgan fingerprint density at radius 3 is 2.13 bits per heavy atom. The van der Waals surface area contributed by atoms with E-state index in [0.29, 0.717) is 29.4 Å². The average molecular weight is 406 g/mol. The molecular weight excluding hydrogens is 384 g/mol. The summed E-state index contributed by atoms with van der Waals surface area (Å²) in [5, 5.41) is 0. The lowest BCUT2D eigenvalue weighted by molar-refractivity contribution is 0.0474. The zero-order valence-corrected chi connectivity index (χ0v) is 16.8. The minimum atomic E-state index is -0.621. The van der Waals surface area contributed by atoms with E-state index in [1.165, 1.54) is 13.2 Å². The summed E-state index contributed by atoms with van der Waals surface area (Å²) in [5.41, 5.74) is 1.72. The van der Waals surface area contributed by atoms with Crippen molar-refractivity contribution >= 4 is 11.8 Å². The molecule has 0 atom stereocenters. The van der Waals surface area contributed by atoms with Crippen LogP contribution < -0.4 is 14.2 Å². The maximum atomic E-state index is 12.3. The lowest BCUT2D eigenvalue weighted by Gasteiger charge is -2.12. The van der Waals surface area contributed by atoms with E-state index < -0.39 is 5.97 Å². The van der Waals surface area contributed by atoms with Gasteiger partial charge in [0.15, 0.2) is 23.9 Å². The van der Waals surface area contributed by atoms with Crippen molar-refractivity contribution in [1.29, 1.82) is 0 Å². The summed E-state index contributed by atoms with van der Waals surface area (Å²) >= 11 is 0. The smallest absolute Gasteiger partial charge is 0.338 e. The van der Waals surface area contributed by atoms with Crippen molar-refractivity contribution in [3.8, 4) is 17.2 Å². The summed E-state index contributed by atoms with van der Waals surface area (Å²) in [6.07, 6.45) is 0. The van der Waals surface area contributed by atoms with Crippen molar-refractivity contribution in [2.24, 2.45) is 0 Å². The fraction of sp³-hybridized carbons (Fsp3) is 0.167. The molecule has 0 aromatic heterocycles. The molecule has 0 aliphatic rings. The molecular formula is C24H22O6. The van der Waals surface area contributed by atoms with E-state index in [4.69, 9.17) is 18.9 Å². The van der Waals surface area contributed by atoms with E-state index in [1.54, 1.807) is 43.5 Å². The second-order valence-corrected chi connectivity index (χ2v) is 6.37. The van der Waals surface area contributed by atoms with Crippen LogP contribution in [0.5, 0.6) is 17.2 Å². The molecule has 0 N–H and O–H groups in total. The normalized spacial score (nSPS) is 10.2. The summed E-state index contributed by atoms with van der Waals surface area (Å²) in [4.78, 5) is 24.6. The predicted molar refractivity (Wildman–Crippen MR) is 111 cm³/mol. The average Bonchev–Trinajstić information content (AvgIpc) is 2.81. The van der Waals surface area contributed by atoms with Crippen LogP contribution in [0.2, 0.25) is 0 Å². The van der Waals surface area contributed by atoms with Gasteiger partial charge in [0.1, 0.15) is 12.4 Å². The summed E-state index contributed by atoms with van der Waals surface area (Å²) in [6.45, 7) is 0.0110. The van der Waals surface area contributed by atoms with Gasteiger partial charge in [-0.25, -0.2) is 4.79 Å². The Balaban J connectivity index is 1.60. The number of benzene rings is 3. The maximum Gasteiger partial charge on any atom is 0.338 e. The van der Waals surface area contributed by atoms with Crippen LogP contribution in [0.1, 0.15) is 26.3 Å². The van der Waals surface area contributed by atoms with Crippen molar-refractivity contribution < 1.29 is 28.5 Å². The number of hydrogen-bond acceptors (Lipinski definition) is 6. The molecule has 6 nitrogen and oxygen atoms in total. The van der Waals surface area contributed by atoms with Gasteiger partial charge in [-0.05, 0) is 48.0 Å². The minimum Gasteiger partial charge on any atom is -0.497 e. The lowest BCUT2D eigenvalue weighted by Crippen LogP contribution is -2.14. The van der Waals surface area contributed by atoms with E-state index in [2.05, 4.69) is 0 Å². The minimum absolute atomic E-state index is 0.265. The fourth-order valence-electron chi connectivity index (χ4n) is 2.72.